The van der Waals surface area contributed by atoms with E-state index >= 15 is 0 Å². The van der Waals surface area contributed by atoms with Crippen molar-refractivity contribution in [3.8, 4) is 34.1 Å². The van der Waals surface area contributed by atoms with E-state index in [2.05, 4.69) is 40.2 Å². The minimum atomic E-state index is -0.224. The summed E-state index contributed by atoms with van der Waals surface area (Å²) in [7, 11) is 1.64. The maximum Gasteiger partial charge on any atom is 0.328 e. The van der Waals surface area contributed by atoms with E-state index in [0.29, 0.717) is 29.5 Å². The van der Waals surface area contributed by atoms with E-state index in [1.54, 1.807) is 22.6 Å². The van der Waals surface area contributed by atoms with Gasteiger partial charge >= 0.3 is 5.69 Å². The number of nitrogens with zero attached hydrogens (tertiary/aromatic N) is 6. The third kappa shape index (κ3) is 4.70. The fourth-order valence-electron chi connectivity index (χ4n) is 4.65. The van der Waals surface area contributed by atoms with Crippen molar-refractivity contribution >= 4 is 11.2 Å². The SMILES string of the molecule is COc1ccc(-c2cn(-c3ccc(Cn4c(=O)[nH]c5cnc(-c6ccccc6C(C)C)nc54)cc3)nn2)cc1. The Morgan fingerprint density at radius 1 is 0.974 bits per heavy atom. The monoisotopic (exact) mass is 517 g/mol. The molecule has 0 fully saturated rings. The molecule has 194 valence electrons. The first-order chi connectivity index (χ1) is 19.0. The average molecular weight is 518 g/mol. The molecule has 0 aliphatic carbocycles. The van der Waals surface area contributed by atoms with Gasteiger partial charge < -0.3 is 9.72 Å². The number of nitrogens with one attached hydrogen (secondary N) is 1. The number of H-pyrrole nitrogens is 1. The molecule has 0 saturated carbocycles. The van der Waals surface area contributed by atoms with Crippen LogP contribution in [0.25, 0.3) is 39.5 Å². The maximum absolute atomic E-state index is 12.8. The molecule has 39 heavy (non-hydrogen) atoms. The summed E-state index contributed by atoms with van der Waals surface area (Å²) in [5.41, 5.74) is 6.65. The van der Waals surface area contributed by atoms with Crippen LogP contribution >= 0.6 is 0 Å². The first-order valence-electron chi connectivity index (χ1n) is 12.7. The Hall–Kier alpha value is -5.05. The minimum Gasteiger partial charge on any atom is -0.497 e. The van der Waals surface area contributed by atoms with Crippen LogP contribution in [0.4, 0.5) is 0 Å². The Morgan fingerprint density at radius 2 is 1.74 bits per heavy atom. The molecule has 0 bridgehead atoms. The highest BCUT2D eigenvalue weighted by molar-refractivity contribution is 5.73. The van der Waals surface area contributed by atoms with E-state index in [1.807, 2.05) is 72.9 Å². The standard InChI is InChI=1S/C30H27N7O2/c1-19(2)24-6-4-5-7-25(24)28-31-16-26-29(33-28)36(30(38)32-26)17-20-8-12-22(13-9-20)37-18-27(34-35-37)21-10-14-23(39-3)15-11-21/h4-16,18-19H,17H2,1-3H3,(H,32,38). The van der Waals surface area contributed by atoms with Gasteiger partial charge in [0.15, 0.2) is 11.5 Å². The summed E-state index contributed by atoms with van der Waals surface area (Å²) in [6.07, 6.45) is 3.56. The molecule has 1 N–H and O–H groups in total. The molecule has 9 nitrogen and oxygen atoms in total. The number of hydrogen-bond donors (Lipinski definition) is 1. The van der Waals surface area contributed by atoms with Gasteiger partial charge in [-0.15, -0.1) is 5.10 Å². The quantitative estimate of drug-likeness (QED) is 0.312. The van der Waals surface area contributed by atoms with Crippen molar-refractivity contribution < 1.29 is 4.74 Å². The zero-order chi connectivity index (χ0) is 26.9. The second kappa shape index (κ2) is 10.0. The van der Waals surface area contributed by atoms with E-state index < -0.39 is 0 Å². The number of fused-ring (bicyclic) bond motifs is 1. The van der Waals surface area contributed by atoms with Crippen molar-refractivity contribution in [2.24, 2.45) is 0 Å². The van der Waals surface area contributed by atoms with Crippen LogP contribution in [0.3, 0.4) is 0 Å². The molecule has 0 aliphatic rings. The number of rotatable bonds is 7. The van der Waals surface area contributed by atoms with Crippen LogP contribution in [0.1, 0.15) is 30.9 Å². The van der Waals surface area contributed by atoms with Crippen molar-refractivity contribution in [1.29, 1.82) is 0 Å². The van der Waals surface area contributed by atoms with E-state index in [9.17, 15) is 4.79 Å². The van der Waals surface area contributed by atoms with Crippen molar-refractivity contribution in [3.05, 3.63) is 107 Å². The fourth-order valence-corrected chi connectivity index (χ4v) is 4.65. The lowest BCUT2D eigenvalue weighted by molar-refractivity contribution is 0.415. The van der Waals surface area contributed by atoms with Crippen LogP contribution in [0.2, 0.25) is 0 Å². The molecule has 0 saturated heterocycles. The zero-order valence-electron chi connectivity index (χ0n) is 21.9. The predicted octanol–water partition coefficient (Wildman–Crippen LogP) is 5.21. The average Bonchev–Trinajstić information content (AvgIpc) is 3.58. The van der Waals surface area contributed by atoms with Gasteiger partial charge in [-0.25, -0.2) is 19.4 Å². The largest absolute Gasteiger partial charge is 0.497 e. The molecular weight excluding hydrogens is 490 g/mol. The number of aromatic nitrogens is 7. The predicted molar refractivity (Wildman–Crippen MR) is 150 cm³/mol. The normalized spacial score (nSPS) is 11.4. The molecule has 6 rings (SSSR count). The summed E-state index contributed by atoms with van der Waals surface area (Å²) in [5, 5.41) is 8.59. The summed E-state index contributed by atoms with van der Waals surface area (Å²) in [6, 6.07) is 23.7. The minimum absolute atomic E-state index is 0.224. The number of aromatic amines is 1. The third-order valence-electron chi connectivity index (χ3n) is 6.76. The second-order valence-corrected chi connectivity index (χ2v) is 9.63. The Balaban J connectivity index is 1.27. The molecule has 0 atom stereocenters. The molecule has 0 radical (unpaired) electrons. The molecule has 0 spiro atoms. The van der Waals surface area contributed by atoms with Crippen LogP contribution in [0.15, 0.2) is 90.0 Å². The first-order valence-corrected chi connectivity index (χ1v) is 12.7. The van der Waals surface area contributed by atoms with Gasteiger partial charge in [0.05, 0.1) is 31.7 Å². The van der Waals surface area contributed by atoms with E-state index in [-0.39, 0.29) is 5.69 Å². The van der Waals surface area contributed by atoms with E-state index in [0.717, 1.165) is 33.8 Å². The lowest BCUT2D eigenvalue weighted by Crippen LogP contribution is -2.17. The lowest BCUT2D eigenvalue weighted by Gasteiger charge is -2.11. The van der Waals surface area contributed by atoms with Gasteiger partial charge in [-0.2, -0.15) is 0 Å². The van der Waals surface area contributed by atoms with Crippen LogP contribution in [0, 0.1) is 0 Å². The molecule has 3 heterocycles. The Bertz CT molecular complexity index is 1810. The summed E-state index contributed by atoms with van der Waals surface area (Å²) >= 11 is 0. The zero-order valence-corrected chi connectivity index (χ0v) is 21.9. The lowest BCUT2D eigenvalue weighted by atomic mass is 9.97. The molecule has 9 heteroatoms. The molecule has 0 amide bonds. The number of hydrogen-bond acceptors (Lipinski definition) is 6. The van der Waals surface area contributed by atoms with Gasteiger partial charge in [0.2, 0.25) is 0 Å². The summed E-state index contributed by atoms with van der Waals surface area (Å²) in [6.45, 7) is 4.66. The van der Waals surface area contributed by atoms with Gasteiger partial charge in [0.1, 0.15) is 17.0 Å². The molecular formula is C30H27N7O2. The van der Waals surface area contributed by atoms with Crippen LogP contribution in [-0.2, 0) is 6.54 Å². The Labute approximate surface area is 224 Å². The number of imidazole rings is 1. The molecule has 0 aliphatic heterocycles. The topological polar surface area (TPSA) is 104 Å². The molecule has 3 aromatic carbocycles. The van der Waals surface area contributed by atoms with E-state index in [4.69, 9.17) is 9.72 Å². The van der Waals surface area contributed by atoms with Crippen molar-refractivity contribution in [2.75, 3.05) is 7.11 Å². The second-order valence-electron chi connectivity index (χ2n) is 9.63. The number of methoxy groups -OCH3 is 1. The highest BCUT2D eigenvalue weighted by atomic mass is 16.5. The highest BCUT2D eigenvalue weighted by Gasteiger charge is 2.15. The Morgan fingerprint density at radius 3 is 2.49 bits per heavy atom. The van der Waals surface area contributed by atoms with Crippen LogP contribution in [-0.4, -0.2) is 41.6 Å². The van der Waals surface area contributed by atoms with Gasteiger partial charge in [-0.3, -0.25) is 4.57 Å². The summed E-state index contributed by atoms with van der Waals surface area (Å²) in [4.78, 5) is 25.1. The van der Waals surface area contributed by atoms with Crippen LogP contribution in [0.5, 0.6) is 5.75 Å². The smallest absolute Gasteiger partial charge is 0.328 e. The van der Waals surface area contributed by atoms with E-state index in [1.165, 1.54) is 5.56 Å². The Kier molecular flexibility index (Phi) is 6.24. The van der Waals surface area contributed by atoms with Gasteiger partial charge in [-0.05, 0) is 53.4 Å². The maximum atomic E-state index is 12.8. The van der Waals surface area contributed by atoms with Crippen LogP contribution < -0.4 is 10.4 Å². The van der Waals surface area contributed by atoms with Gasteiger partial charge in [0.25, 0.3) is 0 Å². The molecule has 6 aromatic rings. The van der Waals surface area contributed by atoms with Crippen molar-refractivity contribution in [2.45, 2.75) is 26.3 Å². The van der Waals surface area contributed by atoms with Gasteiger partial charge in [-0.1, -0.05) is 55.5 Å². The van der Waals surface area contributed by atoms with Gasteiger partial charge in [0, 0.05) is 11.1 Å². The third-order valence-corrected chi connectivity index (χ3v) is 6.76. The van der Waals surface area contributed by atoms with Crippen molar-refractivity contribution in [1.82, 2.24) is 34.5 Å². The number of benzene rings is 3. The molecule has 0 unspecified atom stereocenters. The highest BCUT2D eigenvalue weighted by Crippen LogP contribution is 2.27. The summed E-state index contributed by atoms with van der Waals surface area (Å²) < 4.78 is 8.60. The number of ether oxygens (including phenoxy) is 1. The summed E-state index contributed by atoms with van der Waals surface area (Å²) in [5.74, 6) is 1.72. The van der Waals surface area contributed by atoms with Crippen molar-refractivity contribution in [3.63, 3.8) is 0 Å². The first kappa shape index (κ1) is 24.3. The fraction of sp³-hybridized carbons (Fsp3) is 0.167. The molecule has 3 aromatic heterocycles.